The molecule has 1 amide bonds. The molecular weight excluding hydrogens is 274 g/mol. The molecule has 8 heteroatoms. The van der Waals surface area contributed by atoms with E-state index in [9.17, 15) is 13.2 Å². The minimum Gasteiger partial charge on any atom is -0.366 e. The van der Waals surface area contributed by atoms with Gasteiger partial charge in [0.25, 0.3) is 0 Å². The summed E-state index contributed by atoms with van der Waals surface area (Å²) in [6, 6.07) is 1.76. The molecule has 0 saturated heterocycles. The van der Waals surface area contributed by atoms with Crippen molar-refractivity contribution in [3.05, 3.63) is 21.9 Å². The Balaban J connectivity index is 2.16. The van der Waals surface area contributed by atoms with Crippen LogP contribution < -0.4 is 15.8 Å². The van der Waals surface area contributed by atoms with E-state index in [0.29, 0.717) is 31.6 Å². The highest BCUT2D eigenvalue weighted by Crippen LogP contribution is 2.13. The molecule has 0 aromatic carbocycles. The summed E-state index contributed by atoms with van der Waals surface area (Å²) < 4.78 is 24.0. The molecule has 0 saturated carbocycles. The number of carbonyl (C=O) groups excluding carboxylic acids is 1. The fourth-order valence-electron chi connectivity index (χ4n) is 1.29. The van der Waals surface area contributed by atoms with Gasteiger partial charge in [-0.15, -0.1) is 11.3 Å². The number of hydrogen-bond acceptors (Lipinski definition) is 5. The van der Waals surface area contributed by atoms with Crippen molar-refractivity contribution in [3.8, 4) is 0 Å². The first-order valence-corrected chi connectivity index (χ1v) is 8.18. The summed E-state index contributed by atoms with van der Waals surface area (Å²) in [5.41, 5.74) is 5.67. The van der Waals surface area contributed by atoms with Crippen molar-refractivity contribution < 1.29 is 13.2 Å². The molecule has 0 aliphatic heterocycles. The van der Waals surface area contributed by atoms with E-state index in [4.69, 9.17) is 5.73 Å². The minimum absolute atomic E-state index is 0.419. The lowest BCUT2D eigenvalue weighted by Crippen LogP contribution is -2.26. The van der Waals surface area contributed by atoms with Crippen LogP contribution in [-0.2, 0) is 16.6 Å². The van der Waals surface area contributed by atoms with E-state index in [1.165, 1.54) is 11.3 Å². The molecule has 0 unspecified atom stereocenters. The predicted octanol–water partition coefficient (Wildman–Crippen LogP) is -0.124. The fourth-order valence-corrected chi connectivity index (χ4v) is 2.64. The molecule has 102 valence electrons. The summed E-state index contributed by atoms with van der Waals surface area (Å²) in [6.45, 7) is 1.77. The molecule has 1 rings (SSSR count). The van der Waals surface area contributed by atoms with E-state index in [1.54, 1.807) is 11.4 Å². The van der Waals surface area contributed by atoms with Gasteiger partial charge in [0.05, 0.1) is 11.8 Å². The molecule has 1 aromatic heterocycles. The number of rotatable bonds is 8. The number of amides is 1. The number of sulfonamides is 1. The van der Waals surface area contributed by atoms with E-state index in [1.807, 2.05) is 0 Å². The van der Waals surface area contributed by atoms with Crippen LogP contribution in [0, 0.1) is 0 Å². The Kier molecular flexibility index (Phi) is 5.73. The summed E-state index contributed by atoms with van der Waals surface area (Å²) in [7, 11) is -3.10. The van der Waals surface area contributed by atoms with Crippen LogP contribution in [0.1, 0.15) is 21.7 Å². The zero-order valence-corrected chi connectivity index (χ0v) is 11.7. The zero-order chi connectivity index (χ0) is 13.6. The molecule has 0 atom stereocenters. The number of hydrogen-bond donors (Lipinski definition) is 3. The summed E-state index contributed by atoms with van der Waals surface area (Å²) in [5, 5.41) is 4.89. The summed E-state index contributed by atoms with van der Waals surface area (Å²) in [6.07, 6.45) is 1.85. The van der Waals surface area contributed by atoms with Gasteiger partial charge in [-0.3, -0.25) is 4.79 Å². The summed E-state index contributed by atoms with van der Waals surface area (Å²) in [4.78, 5) is 11.9. The van der Waals surface area contributed by atoms with Gasteiger partial charge >= 0.3 is 0 Å². The zero-order valence-electron chi connectivity index (χ0n) is 10.1. The van der Waals surface area contributed by atoms with Crippen molar-refractivity contribution in [2.45, 2.75) is 13.0 Å². The molecule has 0 spiro atoms. The van der Waals surface area contributed by atoms with Crippen LogP contribution in [0.4, 0.5) is 0 Å². The molecule has 4 N–H and O–H groups in total. The average Bonchev–Trinajstić information content (AvgIpc) is 2.70. The van der Waals surface area contributed by atoms with Gasteiger partial charge in [-0.2, -0.15) is 0 Å². The van der Waals surface area contributed by atoms with Gasteiger partial charge in [-0.05, 0) is 19.0 Å². The van der Waals surface area contributed by atoms with Crippen molar-refractivity contribution in [1.29, 1.82) is 0 Å². The van der Waals surface area contributed by atoms with Crippen LogP contribution in [0.2, 0.25) is 0 Å². The van der Waals surface area contributed by atoms with Crippen LogP contribution in [0.3, 0.4) is 0 Å². The second-order valence-electron chi connectivity index (χ2n) is 3.86. The first-order chi connectivity index (χ1) is 8.38. The van der Waals surface area contributed by atoms with E-state index in [-0.39, 0.29) is 0 Å². The van der Waals surface area contributed by atoms with Crippen molar-refractivity contribution >= 4 is 27.3 Å². The van der Waals surface area contributed by atoms with Gasteiger partial charge in [0.15, 0.2) is 0 Å². The normalized spacial score (nSPS) is 11.6. The van der Waals surface area contributed by atoms with Crippen LogP contribution in [0.25, 0.3) is 0 Å². The van der Waals surface area contributed by atoms with Crippen LogP contribution >= 0.6 is 11.3 Å². The fraction of sp³-hybridized carbons (Fsp3) is 0.500. The standard InChI is InChI=1S/C10H17N3O3S2/c1-18(15,16)13-4-2-3-12-6-9-5-8(7-17-9)10(11)14/h5,7,12-13H,2-4,6H2,1H3,(H2,11,14). The van der Waals surface area contributed by atoms with Gasteiger partial charge in [0, 0.05) is 23.3 Å². The molecule has 18 heavy (non-hydrogen) atoms. The molecule has 0 aliphatic rings. The lowest BCUT2D eigenvalue weighted by Gasteiger charge is -2.03. The third-order valence-electron chi connectivity index (χ3n) is 2.13. The molecule has 0 bridgehead atoms. The Morgan fingerprint density at radius 2 is 2.17 bits per heavy atom. The maximum absolute atomic E-state index is 10.9. The predicted molar refractivity (Wildman–Crippen MR) is 72.0 cm³/mol. The summed E-state index contributed by atoms with van der Waals surface area (Å²) in [5.74, 6) is -0.421. The minimum atomic E-state index is -3.10. The first kappa shape index (κ1) is 15.1. The van der Waals surface area contributed by atoms with E-state index in [0.717, 1.165) is 11.1 Å². The van der Waals surface area contributed by atoms with E-state index in [2.05, 4.69) is 10.0 Å². The SMILES string of the molecule is CS(=O)(=O)NCCCNCc1cc(C(N)=O)cs1. The maximum atomic E-state index is 10.9. The Labute approximate surface area is 111 Å². The molecule has 1 heterocycles. The molecule has 6 nitrogen and oxygen atoms in total. The van der Waals surface area contributed by atoms with Crippen molar-refractivity contribution in [2.75, 3.05) is 19.3 Å². The number of primary amides is 1. The maximum Gasteiger partial charge on any atom is 0.249 e. The van der Waals surface area contributed by atoms with Gasteiger partial charge < -0.3 is 11.1 Å². The van der Waals surface area contributed by atoms with Gasteiger partial charge in [0.2, 0.25) is 15.9 Å². The van der Waals surface area contributed by atoms with Crippen molar-refractivity contribution in [3.63, 3.8) is 0 Å². The third kappa shape index (κ3) is 6.10. The monoisotopic (exact) mass is 291 g/mol. The van der Waals surface area contributed by atoms with Crippen LogP contribution in [-0.4, -0.2) is 33.7 Å². The highest BCUT2D eigenvalue weighted by Gasteiger charge is 2.04. The number of thiophene rings is 1. The molecule has 0 aliphatic carbocycles. The number of carbonyl (C=O) groups is 1. The molecule has 1 aromatic rings. The quantitative estimate of drug-likeness (QED) is 0.581. The van der Waals surface area contributed by atoms with Crippen LogP contribution in [0.5, 0.6) is 0 Å². The number of nitrogens with one attached hydrogen (secondary N) is 2. The van der Waals surface area contributed by atoms with E-state index >= 15 is 0 Å². The lowest BCUT2D eigenvalue weighted by atomic mass is 10.3. The lowest BCUT2D eigenvalue weighted by molar-refractivity contribution is 0.100. The van der Waals surface area contributed by atoms with Gasteiger partial charge in [0.1, 0.15) is 0 Å². The Hall–Kier alpha value is -0.960. The van der Waals surface area contributed by atoms with Crippen molar-refractivity contribution in [1.82, 2.24) is 10.0 Å². The van der Waals surface area contributed by atoms with Crippen molar-refractivity contribution in [2.24, 2.45) is 5.73 Å². The Bertz CT molecular complexity index is 496. The highest BCUT2D eigenvalue weighted by atomic mass is 32.2. The molecule has 0 fully saturated rings. The topological polar surface area (TPSA) is 101 Å². The summed E-state index contributed by atoms with van der Waals surface area (Å²) >= 11 is 1.47. The Morgan fingerprint density at radius 1 is 1.44 bits per heavy atom. The Morgan fingerprint density at radius 3 is 2.72 bits per heavy atom. The highest BCUT2D eigenvalue weighted by molar-refractivity contribution is 7.88. The smallest absolute Gasteiger partial charge is 0.249 e. The average molecular weight is 291 g/mol. The third-order valence-corrected chi connectivity index (χ3v) is 3.80. The molecule has 0 radical (unpaired) electrons. The van der Waals surface area contributed by atoms with Gasteiger partial charge in [-0.25, -0.2) is 13.1 Å². The molecular formula is C10H17N3O3S2. The number of nitrogens with two attached hydrogens (primary N) is 1. The van der Waals surface area contributed by atoms with Gasteiger partial charge in [-0.1, -0.05) is 0 Å². The van der Waals surface area contributed by atoms with E-state index < -0.39 is 15.9 Å². The largest absolute Gasteiger partial charge is 0.366 e. The second-order valence-corrected chi connectivity index (χ2v) is 6.69. The second kappa shape index (κ2) is 6.83. The van der Waals surface area contributed by atoms with Crippen LogP contribution in [0.15, 0.2) is 11.4 Å². The first-order valence-electron chi connectivity index (χ1n) is 5.41.